The number of hydrogen-bond donors (Lipinski definition) is 2. The first-order valence-corrected chi connectivity index (χ1v) is 9.33. The van der Waals surface area contributed by atoms with Gasteiger partial charge in [0.1, 0.15) is 24.0 Å². The molecular formula is C22H15F2N3O4. The molecule has 7 nitrogen and oxygen atoms in total. The van der Waals surface area contributed by atoms with E-state index in [0.717, 1.165) is 0 Å². The predicted octanol–water partition coefficient (Wildman–Crippen LogP) is 4.40. The summed E-state index contributed by atoms with van der Waals surface area (Å²) >= 11 is 0. The number of aromatic nitrogens is 2. The second-order valence-corrected chi connectivity index (χ2v) is 6.79. The topological polar surface area (TPSA) is 85.5 Å². The number of rotatable bonds is 5. The number of fused-ring (bicyclic) bond motifs is 2. The van der Waals surface area contributed by atoms with Gasteiger partial charge < -0.3 is 19.5 Å². The first kappa shape index (κ1) is 18.9. The fourth-order valence-electron chi connectivity index (χ4n) is 3.22. The number of anilines is 1. The molecule has 4 aromatic rings. The van der Waals surface area contributed by atoms with Crippen molar-refractivity contribution in [2.24, 2.45) is 0 Å². The molecule has 1 amide bonds. The van der Waals surface area contributed by atoms with Crippen molar-refractivity contribution in [3.05, 3.63) is 77.4 Å². The van der Waals surface area contributed by atoms with E-state index in [9.17, 15) is 13.6 Å². The molecule has 3 aromatic carbocycles. The molecule has 0 saturated heterocycles. The highest BCUT2D eigenvalue weighted by Crippen LogP contribution is 2.33. The van der Waals surface area contributed by atoms with Crippen molar-refractivity contribution in [2.75, 3.05) is 12.1 Å². The van der Waals surface area contributed by atoms with E-state index in [2.05, 4.69) is 15.5 Å². The Bertz CT molecular complexity index is 1290. The second kappa shape index (κ2) is 7.60. The maximum Gasteiger partial charge on any atom is 0.257 e. The van der Waals surface area contributed by atoms with Crippen LogP contribution in [0, 0.1) is 11.6 Å². The molecule has 1 aromatic heterocycles. The van der Waals surface area contributed by atoms with Gasteiger partial charge in [-0.15, -0.1) is 0 Å². The van der Waals surface area contributed by atoms with Crippen molar-refractivity contribution in [3.8, 4) is 17.2 Å². The zero-order valence-electron chi connectivity index (χ0n) is 15.9. The lowest BCUT2D eigenvalue weighted by Crippen LogP contribution is -2.12. The molecule has 1 aliphatic rings. The highest BCUT2D eigenvalue weighted by molar-refractivity contribution is 6.08. The molecule has 0 atom stereocenters. The number of amides is 1. The number of halogens is 2. The summed E-state index contributed by atoms with van der Waals surface area (Å²) in [6.07, 6.45) is 0. The average Bonchev–Trinajstić information content (AvgIpc) is 3.39. The Morgan fingerprint density at radius 3 is 2.71 bits per heavy atom. The van der Waals surface area contributed by atoms with Crippen LogP contribution in [0.5, 0.6) is 17.2 Å². The zero-order valence-corrected chi connectivity index (χ0v) is 15.9. The number of hydrogen-bond acceptors (Lipinski definition) is 5. The molecule has 9 heteroatoms. The Hall–Kier alpha value is -4.14. The van der Waals surface area contributed by atoms with Crippen LogP contribution in [0.1, 0.15) is 15.9 Å². The molecule has 1 aliphatic heterocycles. The Kier molecular flexibility index (Phi) is 4.62. The van der Waals surface area contributed by atoms with E-state index in [1.54, 1.807) is 36.4 Å². The van der Waals surface area contributed by atoms with E-state index in [-0.39, 0.29) is 24.9 Å². The standard InChI is InChI=1S/C22H15F2N3O4/c23-16-2-1-3-17(24)15(16)10-29-13-5-6-18-14(9-13)21(27-26-18)25-22(28)12-4-7-19-20(8-12)31-11-30-19/h1-9H,10-11H2,(H2,25,26,27,28). The third-order valence-electron chi connectivity index (χ3n) is 4.85. The van der Waals surface area contributed by atoms with E-state index in [4.69, 9.17) is 14.2 Å². The molecule has 0 unspecified atom stereocenters. The molecule has 2 heterocycles. The van der Waals surface area contributed by atoms with Crippen LogP contribution in [0.15, 0.2) is 54.6 Å². The Morgan fingerprint density at radius 2 is 1.87 bits per heavy atom. The summed E-state index contributed by atoms with van der Waals surface area (Å²) in [5, 5.41) is 10.3. The molecule has 0 spiro atoms. The van der Waals surface area contributed by atoms with Crippen LogP contribution in [-0.2, 0) is 6.61 Å². The highest BCUT2D eigenvalue weighted by Gasteiger charge is 2.18. The molecule has 2 N–H and O–H groups in total. The highest BCUT2D eigenvalue weighted by atomic mass is 19.1. The number of ether oxygens (including phenoxy) is 3. The van der Waals surface area contributed by atoms with Crippen LogP contribution in [0.4, 0.5) is 14.6 Å². The van der Waals surface area contributed by atoms with Gasteiger partial charge in [0.15, 0.2) is 17.3 Å². The summed E-state index contributed by atoms with van der Waals surface area (Å²) in [7, 11) is 0. The minimum absolute atomic E-state index is 0.115. The zero-order chi connectivity index (χ0) is 21.4. The molecular weight excluding hydrogens is 408 g/mol. The number of nitrogens with one attached hydrogen (secondary N) is 2. The van der Waals surface area contributed by atoms with Crippen LogP contribution in [0.2, 0.25) is 0 Å². The number of carbonyl (C=O) groups excluding carboxylic acids is 1. The normalized spacial score (nSPS) is 12.2. The Labute approximate surface area is 174 Å². The van der Waals surface area contributed by atoms with Gasteiger partial charge in [-0.1, -0.05) is 6.07 Å². The van der Waals surface area contributed by atoms with Gasteiger partial charge in [-0.3, -0.25) is 9.89 Å². The minimum atomic E-state index is -0.680. The first-order valence-electron chi connectivity index (χ1n) is 9.33. The van der Waals surface area contributed by atoms with E-state index >= 15 is 0 Å². The van der Waals surface area contributed by atoms with Crippen LogP contribution in [0.3, 0.4) is 0 Å². The third-order valence-corrected chi connectivity index (χ3v) is 4.85. The lowest BCUT2D eigenvalue weighted by Gasteiger charge is -2.09. The quantitative estimate of drug-likeness (QED) is 0.497. The first-order chi connectivity index (χ1) is 15.1. The van der Waals surface area contributed by atoms with Crippen LogP contribution < -0.4 is 19.5 Å². The molecule has 0 aliphatic carbocycles. The van der Waals surface area contributed by atoms with Crippen LogP contribution in [0.25, 0.3) is 10.9 Å². The SMILES string of the molecule is O=C(Nc1n[nH]c2ccc(OCc3c(F)cccc3F)cc12)c1ccc2c(c1)OCO2. The van der Waals surface area contributed by atoms with E-state index in [1.165, 1.54) is 18.2 Å². The van der Waals surface area contributed by atoms with Gasteiger partial charge in [-0.2, -0.15) is 5.10 Å². The molecule has 156 valence electrons. The van der Waals surface area contributed by atoms with Crippen LogP contribution >= 0.6 is 0 Å². The van der Waals surface area contributed by atoms with E-state index < -0.39 is 11.6 Å². The third kappa shape index (κ3) is 3.61. The van der Waals surface area contributed by atoms with Crippen molar-refractivity contribution in [2.45, 2.75) is 6.61 Å². The number of aromatic amines is 1. The summed E-state index contributed by atoms with van der Waals surface area (Å²) in [4.78, 5) is 12.7. The number of benzene rings is 3. The average molecular weight is 423 g/mol. The monoisotopic (exact) mass is 423 g/mol. The van der Waals surface area contributed by atoms with Crippen molar-refractivity contribution < 1.29 is 27.8 Å². The predicted molar refractivity (Wildman–Crippen MR) is 107 cm³/mol. The fraction of sp³-hybridized carbons (Fsp3) is 0.0909. The second-order valence-electron chi connectivity index (χ2n) is 6.79. The smallest absolute Gasteiger partial charge is 0.257 e. The Balaban J connectivity index is 1.36. The summed E-state index contributed by atoms with van der Waals surface area (Å²) in [5.74, 6) is -0.00523. The molecule has 0 bridgehead atoms. The largest absolute Gasteiger partial charge is 0.489 e. The number of carbonyl (C=O) groups is 1. The van der Waals surface area contributed by atoms with Gasteiger partial charge in [0.25, 0.3) is 5.91 Å². The summed E-state index contributed by atoms with van der Waals surface area (Å²) < 4.78 is 43.7. The molecule has 0 radical (unpaired) electrons. The molecule has 31 heavy (non-hydrogen) atoms. The summed E-state index contributed by atoms with van der Waals surface area (Å²) in [6.45, 7) is -0.162. The van der Waals surface area contributed by atoms with Gasteiger partial charge in [0, 0.05) is 10.9 Å². The maximum absolute atomic E-state index is 13.8. The summed E-state index contributed by atoms with van der Waals surface area (Å²) in [6, 6.07) is 13.5. The minimum Gasteiger partial charge on any atom is -0.489 e. The van der Waals surface area contributed by atoms with Gasteiger partial charge in [-0.05, 0) is 48.5 Å². The maximum atomic E-state index is 13.8. The Morgan fingerprint density at radius 1 is 1.06 bits per heavy atom. The lowest BCUT2D eigenvalue weighted by atomic mass is 10.2. The van der Waals surface area contributed by atoms with Crippen molar-refractivity contribution in [1.29, 1.82) is 0 Å². The van der Waals surface area contributed by atoms with Gasteiger partial charge in [0.05, 0.1) is 11.1 Å². The number of H-pyrrole nitrogens is 1. The van der Waals surface area contributed by atoms with Gasteiger partial charge >= 0.3 is 0 Å². The van der Waals surface area contributed by atoms with Gasteiger partial charge in [-0.25, -0.2) is 8.78 Å². The van der Waals surface area contributed by atoms with Crippen molar-refractivity contribution in [1.82, 2.24) is 10.2 Å². The van der Waals surface area contributed by atoms with E-state index in [0.29, 0.717) is 39.5 Å². The van der Waals surface area contributed by atoms with Crippen LogP contribution in [-0.4, -0.2) is 22.9 Å². The van der Waals surface area contributed by atoms with Gasteiger partial charge in [0.2, 0.25) is 6.79 Å². The molecule has 0 fully saturated rings. The summed E-state index contributed by atoms with van der Waals surface area (Å²) in [5.41, 5.74) is 0.874. The number of nitrogens with zero attached hydrogens (tertiary/aromatic N) is 1. The lowest BCUT2D eigenvalue weighted by molar-refractivity contribution is 0.102. The van der Waals surface area contributed by atoms with Crippen molar-refractivity contribution >= 4 is 22.6 Å². The molecule has 5 rings (SSSR count). The van der Waals surface area contributed by atoms with E-state index in [1.807, 2.05) is 0 Å². The molecule has 0 saturated carbocycles. The van der Waals surface area contributed by atoms with Crippen molar-refractivity contribution in [3.63, 3.8) is 0 Å². The fourth-order valence-corrected chi connectivity index (χ4v) is 3.22.